The van der Waals surface area contributed by atoms with Crippen LogP contribution in [0.1, 0.15) is 16.7 Å². The molecule has 0 radical (unpaired) electrons. The number of nitrogens with zero attached hydrogens (tertiary/aromatic N) is 3. The monoisotopic (exact) mass is 459 g/mol. The van der Waals surface area contributed by atoms with Gasteiger partial charge in [0.2, 0.25) is 6.79 Å². The van der Waals surface area contributed by atoms with E-state index < -0.39 is 0 Å². The summed E-state index contributed by atoms with van der Waals surface area (Å²) < 4.78 is 13.1. The molecule has 7 nitrogen and oxygen atoms in total. The van der Waals surface area contributed by atoms with E-state index in [1.807, 2.05) is 41.8 Å². The predicted octanol–water partition coefficient (Wildman–Crippen LogP) is 5.75. The van der Waals surface area contributed by atoms with Crippen molar-refractivity contribution in [1.82, 2.24) is 4.57 Å². The molecule has 0 unspecified atom stereocenters. The van der Waals surface area contributed by atoms with Gasteiger partial charge in [-0.25, -0.2) is 4.99 Å². The Morgan fingerprint density at radius 1 is 1.03 bits per heavy atom. The number of nitro groups is 1. The number of ether oxygens (including phenoxy) is 2. The van der Waals surface area contributed by atoms with E-state index in [1.165, 1.54) is 17.4 Å². The fraction of sp³-hybridized carbons (Fsp3) is 0.160. The number of hydrogen-bond acceptors (Lipinski definition) is 6. The largest absolute Gasteiger partial charge is 0.454 e. The highest BCUT2D eigenvalue weighted by atomic mass is 32.1. The van der Waals surface area contributed by atoms with Gasteiger partial charge in [0.15, 0.2) is 16.3 Å². The van der Waals surface area contributed by atoms with E-state index in [4.69, 9.17) is 14.5 Å². The lowest BCUT2D eigenvalue weighted by Crippen LogP contribution is -2.16. The molecule has 33 heavy (non-hydrogen) atoms. The van der Waals surface area contributed by atoms with E-state index in [-0.39, 0.29) is 17.4 Å². The van der Waals surface area contributed by atoms with Crippen molar-refractivity contribution >= 4 is 22.7 Å². The quantitative estimate of drug-likeness (QED) is 0.281. The molecule has 0 aliphatic carbocycles. The van der Waals surface area contributed by atoms with Crippen molar-refractivity contribution in [3.63, 3.8) is 0 Å². The maximum Gasteiger partial charge on any atom is 0.270 e. The first kappa shape index (κ1) is 21.0. The third-order valence-electron chi connectivity index (χ3n) is 5.36. The van der Waals surface area contributed by atoms with Crippen LogP contribution in [-0.2, 0) is 6.54 Å². The zero-order valence-corrected chi connectivity index (χ0v) is 19.0. The Balaban J connectivity index is 1.64. The molecule has 0 amide bonds. The van der Waals surface area contributed by atoms with Crippen LogP contribution >= 0.6 is 11.3 Å². The topological polar surface area (TPSA) is 78.9 Å². The second-order valence-electron chi connectivity index (χ2n) is 7.94. The van der Waals surface area contributed by atoms with Crippen molar-refractivity contribution in [2.45, 2.75) is 20.4 Å². The molecule has 0 fully saturated rings. The predicted molar refractivity (Wildman–Crippen MR) is 127 cm³/mol. The van der Waals surface area contributed by atoms with Crippen LogP contribution in [0, 0.1) is 24.0 Å². The first-order chi connectivity index (χ1) is 16.0. The summed E-state index contributed by atoms with van der Waals surface area (Å²) in [5.74, 6) is 1.45. The van der Waals surface area contributed by atoms with E-state index in [0.717, 1.165) is 44.2 Å². The van der Waals surface area contributed by atoms with Gasteiger partial charge in [-0.1, -0.05) is 24.3 Å². The van der Waals surface area contributed by atoms with Crippen molar-refractivity contribution in [3.8, 4) is 22.8 Å². The SMILES string of the molecule is Cc1cc(C)cc(N=c2scc(-c3cccc([N+](=O)[O-])c3)n2Cc2ccc3c(c2)OCO3)c1. The van der Waals surface area contributed by atoms with Crippen LogP contribution in [0.15, 0.2) is 71.0 Å². The molecular weight excluding hydrogens is 438 g/mol. The molecule has 8 heteroatoms. The number of aryl methyl sites for hydroxylation is 2. The zero-order chi connectivity index (χ0) is 22.9. The summed E-state index contributed by atoms with van der Waals surface area (Å²) in [6.45, 7) is 4.85. The molecular formula is C25H21N3O4S. The third kappa shape index (κ3) is 4.38. The smallest absolute Gasteiger partial charge is 0.270 e. The lowest BCUT2D eigenvalue weighted by molar-refractivity contribution is -0.384. The van der Waals surface area contributed by atoms with Gasteiger partial charge in [0, 0.05) is 23.1 Å². The van der Waals surface area contributed by atoms with E-state index in [2.05, 4.69) is 24.5 Å². The Morgan fingerprint density at radius 2 is 1.82 bits per heavy atom. The summed E-state index contributed by atoms with van der Waals surface area (Å²) >= 11 is 1.51. The second kappa shape index (κ2) is 8.55. The number of fused-ring (bicyclic) bond motifs is 1. The van der Waals surface area contributed by atoms with Crippen molar-refractivity contribution in [2.24, 2.45) is 4.99 Å². The van der Waals surface area contributed by atoms with Crippen LogP contribution in [0.2, 0.25) is 0 Å². The Morgan fingerprint density at radius 3 is 2.61 bits per heavy atom. The summed E-state index contributed by atoms with van der Waals surface area (Å²) in [5.41, 5.74) is 5.87. The fourth-order valence-electron chi connectivity index (χ4n) is 3.93. The third-order valence-corrected chi connectivity index (χ3v) is 6.22. The van der Waals surface area contributed by atoms with Crippen LogP contribution in [0.4, 0.5) is 11.4 Å². The summed E-state index contributed by atoms with van der Waals surface area (Å²) in [7, 11) is 0. The molecule has 0 bridgehead atoms. The number of hydrogen-bond donors (Lipinski definition) is 0. The van der Waals surface area contributed by atoms with Crippen molar-refractivity contribution < 1.29 is 14.4 Å². The Hall–Kier alpha value is -3.91. The highest BCUT2D eigenvalue weighted by Gasteiger charge is 2.16. The molecule has 1 aliphatic rings. The molecule has 0 atom stereocenters. The molecule has 2 heterocycles. The van der Waals surface area contributed by atoms with Crippen LogP contribution in [-0.4, -0.2) is 16.3 Å². The summed E-state index contributed by atoms with van der Waals surface area (Å²) in [6.07, 6.45) is 0. The van der Waals surface area contributed by atoms with Gasteiger partial charge < -0.3 is 14.0 Å². The molecule has 1 aromatic heterocycles. The number of rotatable bonds is 5. The lowest BCUT2D eigenvalue weighted by Gasteiger charge is -2.10. The van der Waals surface area contributed by atoms with E-state index in [0.29, 0.717) is 12.3 Å². The molecule has 0 spiro atoms. The van der Waals surface area contributed by atoms with Crippen LogP contribution < -0.4 is 14.3 Å². The van der Waals surface area contributed by atoms with E-state index in [9.17, 15) is 10.1 Å². The number of nitro benzene ring substituents is 1. The van der Waals surface area contributed by atoms with Crippen molar-refractivity contribution in [1.29, 1.82) is 0 Å². The maximum absolute atomic E-state index is 11.3. The van der Waals surface area contributed by atoms with Crippen molar-refractivity contribution in [2.75, 3.05) is 6.79 Å². The normalized spacial score (nSPS) is 12.8. The number of benzene rings is 3. The minimum absolute atomic E-state index is 0.0566. The van der Waals surface area contributed by atoms with E-state index >= 15 is 0 Å². The Kier molecular flexibility index (Phi) is 5.43. The lowest BCUT2D eigenvalue weighted by atomic mass is 10.1. The second-order valence-corrected chi connectivity index (χ2v) is 8.78. The first-order valence-electron chi connectivity index (χ1n) is 10.4. The minimum atomic E-state index is -0.376. The summed E-state index contributed by atoms with van der Waals surface area (Å²) in [5, 5.41) is 13.3. The zero-order valence-electron chi connectivity index (χ0n) is 18.1. The summed E-state index contributed by atoms with van der Waals surface area (Å²) in [6, 6.07) is 18.7. The van der Waals surface area contributed by atoms with Gasteiger partial charge in [-0.2, -0.15) is 0 Å². The Bertz CT molecular complexity index is 1420. The molecule has 4 aromatic rings. The first-order valence-corrected chi connectivity index (χ1v) is 11.3. The fourth-order valence-corrected chi connectivity index (χ4v) is 4.86. The summed E-state index contributed by atoms with van der Waals surface area (Å²) in [4.78, 5) is 16.7. The standard InChI is InChI=1S/C25H21N3O4S/c1-16-8-17(2)10-20(9-16)26-25-27(13-18-6-7-23-24(11-18)32-15-31-23)22(14-33-25)19-4-3-5-21(12-19)28(29)30/h3-12,14H,13,15H2,1-2H3. The highest BCUT2D eigenvalue weighted by Crippen LogP contribution is 2.33. The maximum atomic E-state index is 11.3. The van der Waals surface area contributed by atoms with Gasteiger partial charge in [0.05, 0.1) is 22.8 Å². The van der Waals surface area contributed by atoms with Crippen LogP contribution in [0.3, 0.4) is 0 Å². The average Bonchev–Trinajstić information content (AvgIpc) is 3.40. The molecule has 0 saturated heterocycles. The molecule has 166 valence electrons. The van der Waals surface area contributed by atoms with Gasteiger partial charge in [-0.3, -0.25) is 10.1 Å². The number of aromatic nitrogens is 1. The van der Waals surface area contributed by atoms with Crippen LogP contribution in [0.5, 0.6) is 11.5 Å². The van der Waals surface area contributed by atoms with Gasteiger partial charge in [0.1, 0.15) is 0 Å². The number of thiazole rings is 1. The van der Waals surface area contributed by atoms with Gasteiger partial charge >= 0.3 is 0 Å². The molecule has 0 saturated carbocycles. The minimum Gasteiger partial charge on any atom is -0.454 e. The molecule has 1 aliphatic heterocycles. The van der Waals surface area contributed by atoms with Gasteiger partial charge in [-0.05, 0) is 54.8 Å². The van der Waals surface area contributed by atoms with Crippen LogP contribution in [0.25, 0.3) is 11.3 Å². The molecule has 0 N–H and O–H groups in total. The van der Waals surface area contributed by atoms with E-state index in [1.54, 1.807) is 12.1 Å². The Labute approximate surface area is 194 Å². The molecule has 3 aromatic carbocycles. The highest BCUT2D eigenvalue weighted by molar-refractivity contribution is 7.07. The average molecular weight is 460 g/mol. The molecule has 5 rings (SSSR count). The van der Waals surface area contributed by atoms with Gasteiger partial charge in [-0.15, -0.1) is 11.3 Å². The number of non-ortho nitro benzene ring substituents is 1. The van der Waals surface area contributed by atoms with Gasteiger partial charge in [0.25, 0.3) is 5.69 Å². The van der Waals surface area contributed by atoms with Crippen molar-refractivity contribution in [3.05, 3.63) is 97.6 Å².